The first kappa shape index (κ1) is 17.8. The number of hydrogen-bond donors (Lipinski definition) is 1. The molecule has 28 heavy (non-hydrogen) atoms. The highest BCUT2D eigenvalue weighted by molar-refractivity contribution is 5.93. The van der Waals surface area contributed by atoms with Gasteiger partial charge in [0.1, 0.15) is 5.82 Å². The van der Waals surface area contributed by atoms with Gasteiger partial charge in [-0.05, 0) is 44.2 Å². The average Bonchev–Trinajstić information content (AvgIpc) is 3.26. The van der Waals surface area contributed by atoms with Gasteiger partial charge < -0.3 is 5.32 Å². The van der Waals surface area contributed by atoms with Crippen molar-refractivity contribution in [2.45, 2.75) is 19.9 Å². The topological polar surface area (TPSA) is 77.1 Å². The number of nitrogens with one attached hydrogen (secondary N) is 1. The fourth-order valence-electron chi connectivity index (χ4n) is 3.13. The molecule has 7 nitrogen and oxygen atoms in total. The van der Waals surface area contributed by atoms with Gasteiger partial charge >= 0.3 is 0 Å². The molecule has 0 saturated carbocycles. The molecule has 0 radical (unpaired) electrons. The van der Waals surface area contributed by atoms with Crippen LogP contribution in [0, 0.1) is 12.7 Å². The van der Waals surface area contributed by atoms with Crippen LogP contribution in [0.5, 0.6) is 0 Å². The third kappa shape index (κ3) is 3.13. The number of benzene rings is 1. The van der Waals surface area contributed by atoms with Gasteiger partial charge in [-0.3, -0.25) is 9.48 Å². The van der Waals surface area contributed by atoms with Crippen molar-refractivity contribution in [3.05, 3.63) is 71.6 Å². The Bertz CT molecular complexity index is 1160. The quantitative estimate of drug-likeness (QED) is 0.592. The van der Waals surface area contributed by atoms with Crippen molar-refractivity contribution in [2.24, 2.45) is 7.05 Å². The van der Waals surface area contributed by atoms with Gasteiger partial charge in [-0.25, -0.2) is 13.9 Å². The summed E-state index contributed by atoms with van der Waals surface area (Å²) in [5.74, 6) is -0.611. The molecule has 4 aromatic rings. The minimum atomic E-state index is -0.311. The molecule has 142 valence electrons. The van der Waals surface area contributed by atoms with Crippen LogP contribution < -0.4 is 5.32 Å². The summed E-state index contributed by atoms with van der Waals surface area (Å²) in [6, 6.07) is 9.29. The summed E-state index contributed by atoms with van der Waals surface area (Å²) in [7, 11) is 1.86. The Kier molecular flexibility index (Phi) is 4.38. The largest absolute Gasteiger partial charge is 0.344 e. The van der Waals surface area contributed by atoms with Gasteiger partial charge in [0.25, 0.3) is 5.91 Å². The Labute approximate surface area is 160 Å². The van der Waals surface area contributed by atoms with Crippen molar-refractivity contribution in [1.29, 1.82) is 0 Å². The number of hydrogen-bond acceptors (Lipinski definition) is 4. The summed E-state index contributed by atoms with van der Waals surface area (Å²) in [5, 5.41) is 11.6. The maximum Gasteiger partial charge on any atom is 0.272 e. The molecule has 1 N–H and O–H groups in total. The molecular weight excluding hydrogens is 359 g/mol. The first-order chi connectivity index (χ1) is 13.4. The van der Waals surface area contributed by atoms with Crippen LogP contribution in [0.25, 0.3) is 16.9 Å². The number of amides is 1. The lowest BCUT2D eigenvalue weighted by atomic mass is 10.1. The van der Waals surface area contributed by atoms with Crippen LogP contribution in [0.1, 0.15) is 34.7 Å². The maximum atomic E-state index is 13.2. The van der Waals surface area contributed by atoms with E-state index in [1.54, 1.807) is 45.9 Å². The normalized spacial score (nSPS) is 12.3. The number of rotatable bonds is 4. The SMILES string of the molecule is Cc1c([C@H](C)NC(=O)c2cc3nccc(-c4ccc(F)cc4)n3n2)cnn1C. The van der Waals surface area contributed by atoms with E-state index in [9.17, 15) is 9.18 Å². The van der Waals surface area contributed by atoms with Crippen LogP contribution in [0.2, 0.25) is 0 Å². The Morgan fingerprint density at radius 3 is 2.64 bits per heavy atom. The molecule has 0 aliphatic carbocycles. The first-order valence-corrected chi connectivity index (χ1v) is 8.84. The van der Waals surface area contributed by atoms with Crippen LogP contribution in [0.4, 0.5) is 4.39 Å². The van der Waals surface area contributed by atoms with E-state index in [1.807, 2.05) is 20.9 Å². The second kappa shape index (κ2) is 6.88. The lowest BCUT2D eigenvalue weighted by molar-refractivity contribution is 0.0934. The average molecular weight is 378 g/mol. The summed E-state index contributed by atoms with van der Waals surface area (Å²) < 4.78 is 16.6. The molecule has 3 heterocycles. The van der Waals surface area contributed by atoms with Gasteiger partial charge in [0, 0.05) is 36.1 Å². The number of halogens is 1. The molecule has 0 aliphatic heterocycles. The van der Waals surface area contributed by atoms with E-state index in [2.05, 4.69) is 20.5 Å². The molecule has 0 bridgehead atoms. The molecule has 3 aromatic heterocycles. The van der Waals surface area contributed by atoms with Crippen LogP contribution in [-0.4, -0.2) is 30.3 Å². The summed E-state index contributed by atoms with van der Waals surface area (Å²) in [5.41, 5.74) is 4.24. The zero-order valence-electron chi connectivity index (χ0n) is 15.7. The van der Waals surface area contributed by atoms with Gasteiger partial charge in [0.05, 0.1) is 17.9 Å². The van der Waals surface area contributed by atoms with Crippen molar-refractivity contribution in [3.63, 3.8) is 0 Å². The smallest absolute Gasteiger partial charge is 0.272 e. The van der Waals surface area contributed by atoms with Gasteiger partial charge in [-0.2, -0.15) is 10.2 Å². The van der Waals surface area contributed by atoms with Crippen LogP contribution in [-0.2, 0) is 7.05 Å². The molecular formula is C20H19FN6O. The van der Waals surface area contributed by atoms with Crippen molar-refractivity contribution < 1.29 is 9.18 Å². The van der Waals surface area contributed by atoms with E-state index >= 15 is 0 Å². The number of nitrogens with zero attached hydrogens (tertiary/aromatic N) is 5. The monoisotopic (exact) mass is 378 g/mol. The number of aromatic nitrogens is 5. The molecule has 8 heteroatoms. The molecule has 0 aliphatic rings. The standard InChI is InChI=1S/C20H19FN6O/c1-12(16-11-23-26(3)13(16)2)24-20(28)17-10-19-22-9-8-18(27(19)25-17)14-4-6-15(21)7-5-14/h4-12H,1-3H3,(H,24,28)/t12-/m0/s1. The van der Waals surface area contributed by atoms with Crippen molar-refractivity contribution in [1.82, 2.24) is 29.7 Å². The third-order valence-corrected chi connectivity index (χ3v) is 4.82. The number of fused-ring (bicyclic) bond motifs is 1. The fourth-order valence-corrected chi connectivity index (χ4v) is 3.13. The predicted octanol–water partition coefficient (Wildman–Crippen LogP) is 3.07. The summed E-state index contributed by atoms with van der Waals surface area (Å²) in [4.78, 5) is 17.0. The summed E-state index contributed by atoms with van der Waals surface area (Å²) >= 11 is 0. The van der Waals surface area contributed by atoms with Gasteiger partial charge in [0.2, 0.25) is 0 Å². The molecule has 4 rings (SSSR count). The number of carbonyl (C=O) groups excluding carboxylic acids is 1. The van der Waals surface area contributed by atoms with E-state index in [4.69, 9.17) is 0 Å². The first-order valence-electron chi connectivity index (χ1n) is 8.84. The Morgan fingerprint density at radius 2 is 1.96 bits per heavy atom. The Morgan fingerprint density at radius 1 is 1.21 bits per heavy atom. The minimum Gasteiger partial charge on any atom is -0.344 e. The maximum absolute atomic E-state index is 13.2. The van der Waals surface area contributed by atoms with E-state index in [0.717, 1.165) is 22.5 Å². The second-order valence-electron chi connectivity index (χ2n) is 6.64. The lowest BCUT2D eigenvalue weighted by Gasteiger charge is -2.12. The summed E-state index contributed by atoms with van der Waals surface area (Å²) in [6.45, 7) is 3.86. The molecule has 0 fully saturated rings. The van der Waals surface area contributed by atoms with Crippen LogP contribution in [0.3, 0.4) is 0 Å². The van der Waals surface area contributed by atoms with Crippen molar-refractivity contribution in [3.8, 4) is 11.3 Å². The zero-order chi connectivity index (χ0) is 19.8. The fraction of sp³-hybridized carbons (Fsp3) is 0.200. The van der Waals surface area contributed by atoms with Gasteiger partial charge in [-0.1, -0.05) is 0 Å². The number of carbonyl (C=O) groups is 1. The minimum absolute atomic E-state index is 0.212. The Hall–Kier alpha value is -3.55. The second-order valence-corrected chi connectivity index (χ2v) is 6.64. The van der Waals surface area contributed by atoms with Gasteiger partial charge in [0.15, 0.2) is 11.3 Å². The molecule has 1 aromatic carbocycles. The third-order valence-electron chi connectivity index (χ3n) is 4.82. The predicted molar refractivity (Wildman–Crippen MR) is 102 cm³/mol. The van der Waals surface area contributed by atoms with Crippen molar-refractivity contribution >= 4 is 11.6 Å². The number of aryl methyl sites for hydroxylation is 1. The highest BCUT2D eigenvalue weighted by atomic mass is 19.1. The van der Waals surface area contributed by atoms with Gasteiger partial charge in [-0.15, -0.1) is 0 Å². The highest BCUT2D eigenvalue weighted by Gasteiger charge is 2.19. The van der Waals surface area contributed by atoms with E-state index in [0.29, 0.717) is 5.65 Å². The molecule has 0 spiro atoms. The van der Waals surface area contributed by atoms with Crippen molar-refractivity contribution in [2.75, 3.05) is 0 Å². The molecule has 0 unspecified atom stereocenters. The zero-order valence-corrected chi connectivity index (χ0v) is 15.7. The highest BCUT2D eigenvalue weighted by Crippen LogP contribution is 2.21. The van der Waals surface area contributed by atoms with E-state index in [1.165, 1.54) is 12.1 Å². The van der Waals surface area contributed by atoms with Crippen LogP contribution >= 0.6 is 0 Å². The molecule has 1 atom stereocenters. The lowest BCUT2D eigenvalue weighted by Crippen LogP contribution is -2.27. The summed E-state index contributed by atoms with van der Waals surface area (Å²) in [6.07, 6.45) is 3.39. The molecule has 0 saturated heterocycles. The van der Waals surface area contributed by atoms with E-state index in [-0.39, 0.29) is 23.5 Å². The molecule has 1 amide bonds. The van der Waals surface area contributed by atoms with Crippen LogP contribution in [0.15, 0.2) is 48.8 Å². The Balaban J connectivity index is 1.64. The van der Waals surface area contributed by atoms with E-state index < -0.39 is 0 Å².